The zero-order valence-electron chi connectivity index (χ0n) is 17.8. The summed E-state index contributed by atoms with van der Waals surface area (Å²) >= 11 is 0. The molecule has 0 fully saturated rings. The minimum atomic E-state index is -3.87. The number of para-hydroxylation sites is 1. The molecule has 0 heterocycles. The zero-order valence-corrected chi connectivity index (χ0v) is 18.6. The zero-order chi connectivity index (χ0) is 22.9. The molecule has 2 amide bonds. The summed E-state index contributed by atoms with van der Waals surface area (Å²) in [5, 5.41) is 5.37. The van der Waals surface area contributed by atoms with Crippen LogP contribution < -0.4 is 15.4 Å². The van der Waals surface area contributed by atoms with Gasteiger partial charge in [0, 0.05) is 27.3 Å². The molecule has 0 aromatic heterocycles. The van der Waals surface area contributed by atoms with Gasteiger partial charge in [0.25, 0.3) is 5.91 Å². The predicted octanol–water partition coefficient (Wildman–Crippen LogP) is 1.72. The third-order valence-electron chi connectivity index (χ3n) is 4.39. The summed E-state index contributed by atoms with van der Waals surface area (Å²) < 4.78 is 36.3. The van der Waals surface area contributed by atoms with Crippen LogP contribution in [0.3, 0.4) is 0 Å². The Bertz CT molecular complexity index is 992. The van der Waals surface area contributed by atoms with Crippen LogP contribution in [0.4, 0.5) is 5.69 Å². The van der Waals surface area contributed by atoms with Crippen LogP contribution in [-0.2, 0) is 19.6 Å². The average molecular weight is 450 g/mol. The topological polar surface area (TPSA) is 114 Å². The summed E-state index contributed by atoms with van der Waals surface area (Å²) in [6.45, 7) is 0.531. The number of hydrogen-bond acceptors (Lipinski definition) is 6. The van der Waals surface area contributed by atoms with Crippen molar-refractivity contribution in [1.29, 1.82) is 0 Å². The Morgan fingerprint density at radius 2 is 1.71 bits per heavy atom. The molecule has 0 aliphatic heterocycles. The lowest BCUT2D eigenvalue weighted by atomic mass is 10.1. The molecule has 0 saturated carbocycles. The normalized spacial score (nSPS) is 11.2. The van der Waals surface area contributed by atoms with Gasteiger partial charge >= 0.3 is 0 Å². The number of anilines is 1. The van der Waals surface area contributed by atoms with E-state index in [1.165, 1.54) is 38.4 Å². The van der Waals surface area contributed by atoms with Crippen LogP contribution in [0, 0.1) is 0 Å². The van der Waals surface area contributed by atoms with E-state index < -0.39 is 22.5 Å². The van der Waals surface area contributed by atoms with Gasteiger partial charge in [-0.05, 0) is 42.8 Å². The molecule has 0 bridgehead atoms. The monoisotopic (exact) mass is 449 g/mol. The second kappa shape index (κ2) is 11.4. The molecule has 0 radical (unpaired) electrons. The number of sulfonamides is 1. The quantitative estimate of drug-likeness (QED) is 0.505. The molecule has 0 atom stereocenters. The van der Waals surface area contributed by atoms with E-state index in [0.29, 0.717) is 31.0 Å². The molecular weight excluding hydrogens is 422 g/mol. The average Bonchev–Trinajstić information content (AvgIpc) is 2.76. The van der Waals surface area contributed by atoms with Gasteiger partial charge in [-0.1, -0.05) is 12.1 Å². The molecule has 9 nitrogen and oxygen atoms in total. The van der Waals surface area contributed by atoms with E-state index >= 15 is 0 Å². The molecule has 2 N–H and O–H groups in total. The third kappa shape index (κ3) is 6.78. The van der Waals surface area contributed by atoms with Gasteiger partial charge in [0.05, 0.1) is 29.8 Å². The Balaban J connectivity index is 2.04. The fraction of sp³-hybridized carbons (Fsp3) is 0.333. The number of nitrogens with zero attached hydrogens (tertiary/aromatic N) is 1. The van der Waals surface area contributed by atoms with E-state index in [1.54, 1.807) is 31.4 Å². The molecule has 0 spiro atoms. The molecule has 2 aromatic rings. The lowest BCUT2D eigenvalue weighted by molar-refractivity contribution is -0.116. The fourth-order valence-electron chi connectivity index (χ4n) is 2.71. The van der Waals surface area contributed by atoms with Crippen LogP contribution in [0.5, 0.6) is 5.75 Å². The number of hydrogen-bond donors (Lipinski definition) is 2. The highest BCUT2D eigenvalue weighted by molar-refractivity contribution is 7.89. The summed E-state index contributed by atoms with van der Waals surface area (Å²) in [6, 6.07) is 12.4. The first-order valence-corrected chi connectivity index (χ1v) is 11.0. The van der Waals surface area contributed by atoms with Crippen LogP contribution in [0.2, 0.25) is 0 Å². The van der Waals surface area contributed by atoms with E-state index in [9.17, 15) is 18.0 Å². The van der Waals surface area contributed by atoms with E-state index in [2.05, 4.69) is 10.6 Å². The van der Waals surface area contributed by atoms with Crippen LogP contribution in [0.25, 0.3) is 0 Å². The first-order chi connectivity index (χ1) is 14.8. The molecule has 0 aliphatic rings. The summed E-state index contributed by atoms with van der Waals surface area (Å²) in [5.74, 6) is -0.387. The number of methoxy groups -OCH3 is 2. The van der Waals surface area contributed by atoms with Crippen molar-refractivity contribution in [3.8, 4) is 5.75 Å². The largest absolute Gasteiger partial charge is 0.497 e. The molecular formula is C21H27N3O6S. The fourth-order valence-corrected chi connectivity index (χ4v) is 3.84. The van der Waals surface area contributed by atoms with Crippen molar-refractivity contribution in [2.75, 3.05) is 46.3 Å². The number of benzene rings is 2. The molecule has 0 saturated heterocycles. The van der Waals surface area contributed by atoms with Gasteiger partial charge in [0.2, 0.25) is 15.9 Å². The Kier molecular flexibility index (Phi) is 8.98. The highest BCUT2D eigenvalue weighted by atomic mass is 32.2. The van der Waals surface area contributed by atoms with Crippen molar-refractivity contribution >= 4 is 27.5 Å². The van der Waals surface area contributed by atoms with Crippen LogP contribution >= 0.6 is 0 Å². The van der Waals surface area contributed by atoms with Gasteiger partial charge in [-0.3, -0.25) is 9.59 Å². The highest BCUT2D eigenvalue weighted by Gasteiger charge is 2.23. The molecule has 168 valence electrons. The van der Waals surface area contributed by atoms with Gasteiger partial charge in [0.1, 0.15) is 5.75 Å². The summed E-state index contributed by atoms with van der Waals surface area (Å²) in [6.07, 6.45) is 0.658. The smallest absolute Gasteiger partial charge is 0.253 e. The van der Waals surface area contributed by atoms with Crippen molar-refractivity contribution in [3.05, 3.63) is 54.1 Å². The van der Waals surface area contributed by atoms with Crippen LogP contribution in [0.15, 0.2) is 53.4 Å². The first kappa shape index (κ1) is 24.3. The Morgan fingerprint density at radius 3 is 2.35 bits per heavy atom. The molecule has 0 aliphatic carbocycles. The lowest BCUT2D eigenvalue weighted by Gasteiger charge is -2.18. The van der Waals surface area contributed by atoms with E-state index in [-0.39, 0.29) is 16.4 Å². The maximum atomic E-state index is 12.7. The van der Waals surface area contributed by atoms with Crippen molar-refractivity contribution in [3.63, 3.8) is 0 Å². The maximum absolute atomic E-state index is 12.7. The number of rotatable bonds is 11. The second-order valence-corrected chi connectivity index (χ2v) is 8.68. The summed E-state index contributed by atoms with van der Waals surface area (Å²) in [7, 11) is 0.509. The Morgan fingerprint density at radius 1 is 1.03 bits per heavy atom. The SMILES string of the molecule is COCCCNC(=O)c1ccccc1NC(=O)CN(C)S(=O)(=O)c1ccc(OC)cc1. The highest BCUT2D eigenvalue weighted by Crippen LogP contribution is 2.19. The molecule has 31 heavy (non-hydrogen) atoms. The third-order valence-corrected chi connectivity index (χ3v) is 6.21. The van der Waals surface area contributed by atoms with Crippen molar-refractivity contribution < 1.29 is 27.5 Å². The molecule has 2 rings (SSSR count). The van der Waals surface area contributed by atoms with E-state index in [0.717, 1.165) is 4.31 Å². The van der Waals surface area contributed by atoms with Gasteiger partial charge in [-0.2, -0.15) is 4.31 Å². The van der Waals surface area contributed by atoms with Gasteiger partial charge in [0.15, 0.2) is 0 Å². The second-order valence-electron chi connectivity index (χ2n) is 6.63. The minimum absolute atomic E-state index is 0.0411. The molecule has 0 unspecified atom stereocenters. The molecule has 2 aromatic carbocycles. The van der Waals surface area contributed by atoms with Crippen molar-refractivity contribution in [2.45, 2.75) is 11.3 Å². The Labute approximate surface area is 182 Å². The summed E-state index contributed by atoms with van der Waals surface area (Å²) in [4.78, 5) is 24.9. The van der Waals surface area contributed by atoms with E-state index in [1.807, 2.05) is 0 Å². The van der Waals surface area contributed by atoms with E-state index in [4.69, 9.17) is 9.47 Å². The standard InChI is InChI=1S/C21H27N3O6S/c1-24(31(27,28)17-11-9-16(30-3)10-12-17)15-20(25)23-19-8-5-4-7-18(19)21(26)22-13-6-14-29-2/h4-5,7-12H,6,13-15H2,1-3H3,(H,22,26)(H,23,25). The number of amides is 2. The Hall–Kier alpha value is -2.95. The number of carbonyl (C=O) groups is 2. The minimum Gasteiger partial charge on any atom is -0.497 e. The number of likely N-dealkylation sites (N-methyl/N-ethyl adjacent to an activating group) is 1. The van der Waals surface area contributed by atoms with Crippen LogP contribution in [0.1, 0.15) is 16.8 Å². The predicted molar refractivity (Wildman–Crippen MR) is 117 cm³/mol. The number of nitrogens with one attached hydrogen (secondary N) is 2. The first-order valence-electron chi connectivity index (χ1n) is 9.56. The van der Waals surface area contributed by atoms with Crippen LogP contribution in [-0.4, -0.2) is 65.5 Å². The maximum Gasteiger partial charge on any atom is 0.253 e. The molecule has 10 heteroatoms. The lowest BCUT2D eigenvalue weighted by Crippen LogP contribution is -2.35. The number of ether oxygens (including phenoxy) is 2. The van der Waals surface area contributed by atoms with Crippen molar-refractivity contribution in [2.24, 2.45) is 0 Å². The summed E-state index contributed by atoms with van der Waals surface area (Å²) in [5.41, 5.74) is 0.584. The number of carbonyl (C=O) groups excluding carboxylic acids is 2. The van der Waals surface area contributed by atoms with Crippen molar-refractivity contribution in [1.82, 2.24) is 9.62 Å². The van der Waals surface area contributed by atoms with Gasteiger partial charge in [-0.25, -0.2) is 8.42 Å². The van der Waals surface area contributed by atoms with Gasteiger partial charge < -0.3 is 20.1 Å². The van der Waals surface area contributed by atoms with Gasteiger partial charge in [-0.15, -0.1) is 0 Å².